The van der Waals surface area contributed by atoms with Crippen LogP contribution in [0.25, 0.3) is 11.1 Å². The average molecular weight is 482 g/mol. The number of halogens is 1. The summed E-state index contributed by atoms with van der Waals surface area (Å²) in [5.74, 6) is 0.528. The molecule has 3 aromatic rings. The smallest absolute Gasteiger partial charge is 0.441 e. The van der Waals surface area contributed by atoms with Crippen LogP contribution in [-0.4, -0.2) is 34.2 Å². The molecule has 2 aromatic carbocycles. The molecule has 9 heteroatoms. The van der Waals surface area contributed by atoms with Crippen molar-refractivity contribution >= 4 is 36.1 Å². The topological polar surface area (TPSA) is 74.6 Å². The summed E-state index contributed by atoms with van der Waals surface area (Å²) in [7, 11) is 1.32. The summed E-state index contributed by atoms with van der Waals surface area (Å²) >= 11 is 6.22. The van der Waals surface area contributed by atoms with Crippen LogP contribution in [0.2, 0.25) is 5.02 Å². The second-order valence-corrected chi connectivity index (χ2v) is 9.84. The predicted octanol–water partition coefficient (Wildman–Crippen LogP) is 5.35. The Morgan fingerprint density at radius 2 is 1.71 bits per heavy atom. The second kappa shape index (κ2) is 9.10. The Labute approximate surface area is 205 Å². The standard InChI is InChI=1S/C25H29BClN3O4/c1-16(19-9-7-8-10-21(19)27)32-23(31)29-22-20(15-28-30(22)6)17-11-13-18(14-12-17)26-33-24(2,3)25(4,5)34-26/h7-16H,1-6H3,(H,29,31)/t16-/m1/s1. The molecular weight excluding hydrogens is 453 g/mol. The Kier molecular flexibility index (Phi) is 6.51. The SMILES string of the molecule is C[C@@H](OC(=O)Nc1c(-c2ccc(B3OC(C)(C)C(C)(C)O3)cc2)cnn1C)c1ccccc1Cl. The minimum Gasteiger partial charge on any atom is -0.441 e. The molecule has 1 atom stereocenters. The maximum absolute atomic E-state index is 12.6. The van der Waals surface area contributed by atoms with Crippen LogP contribution in [0.1, 0.15) is 46.3 Å². The van der Waals surface area contributed by atoms with Gasteiger partial charge in [-0.15, -0.1) is 0 Å². The molecule has 1 N–H and O–H groups in total. The number of hydrogen-bond acceptors (Lipinski definition) is 5. The molecule has 4 rings (SSSR count). The van der Waals surface area contributed by atoms with Crippen molar-refractivity contribution in [3.8, 4) is 11.1 Å². The molecular formula is C25H29BClN3O4. The van der Waals surface area contributed by atoms with E-state index in [0.29, 0.717) is 10.8 Å². The first-order valence-electron chi connectivity index (χ1n) is 11.2. The van der Waals surface area contributed by atoms with Gasteiger partial charge < -0.3 is 14.0 Å². The van der Waals surface area contributed by atoms with Gasteiger partial charge >= 0.3 is 13.2 Å². The van der Waals surface area contributed by atoms with Crippen molar-refractivity contribution in [1.29, 1.82) is 0 Å². The average Bonchev–Trinajstić information content (AvgIpc) is 3.23. The van der Waals surface area contributed by atoms with E-state index in [1.165, 1.54) is 0 Å². The summed E-state index contributed by atoms with van der Waals surface area (Å²) in [4.78, 5) is 12.6. The van der Waals surface area contributed by atoms with Gasteiger partial charge in [-0.25, -0.2) is 4.79 Å². The minimum atomic E-state index is -0.592. The summed E-state index contributed by atoms with van der Waals surface area (Å²) in [6, 6.07) is 15.1. The molecule has 178 valence electrons. The number of ether oxygens (including phenoxy) is 1. The van der Waals surface area contributed by atoms with Crippen LogP contribution in [0.5, 0.6) is 0 Å². The number of aromatic nitrogens is 2. The fourth-order valence-electron chi connectivity index (χ4n) is 3.75. The monoisotopic (exact) mass is 481 g/mol. The molecule has 1 aliphatic rings. The van der Waals surface area contributed by atoms with Gasteiger partial charge in [0.2, 0.25) is 0 Å². The number of aryl methyl sites for hydroxylation is 1. The Bertz CT molecular complexity index is 1180. The lowest BCUT2D eigenvalue weighted by atomic mass is 9.78. The van der Waals surface area contributed by atoms with Crippen molar-refractivity contribution < 1.29 is 18.8 Å². The van der Waals surface area contributed by atoms with E-state index in [1.54, 1.807) is 30.9 Å². The first-order chi connectivity index (χ1) is 16.0. The Morgan fingerprint density at radius 3 is 2.32 bits per heavy atom. The zero-order valence-corrected chi connectivity index (χ0v) is 21.0. The number of carbonyl (C=O) groups is 1. The highest BCUT2D eigenvalue weighted by atomic mass is 35.5. The number of nitrogens with zero attached hydrogens (tertiary/aromatic N) is 2. The zero-order valence-electron chi connectivity index (χ0n) is 20.3. The number of amides is 1. The number of carbonyl (C=O) groups excluding carboxylic acids is 1. The third-order valence-corrected chi connectivity index (χ3v) is 6.88. The van der Waals surface area contributed by atoms with Gasteiger partial charge in [0.25, 0.3) is 0 Å². The van der Waals surface area contributed by atoms with Crippen molar-refractivity contribution in [2.45, 2.75) is 51.9 Å². The van der Waals surface area contributed by atoms with E-state index in [0.717, 1.165) is 22.2 Å². The Morgan fingerprint density at radius 1 is 1.09 bits per heavy atom. The van der Waals surface area contributed by atoms with Crippen LogP contribution in [-0.2, 0) is 21.1 Å². The van der Waals surface area contributed by atoms with E-state index in [1.807, 2.05) is 70.2 Å². The van der Waals surface area contributed by atoms with Crippen molar-refractivity contribution in [3.63, 3.8) is 0 Å². The first kappa shape index (κ1) is 24.3. The van der Waals surface area contributed by atoms with Crippen LogP contribution < -0.4 is 10.8 Å². The second-order valence-electron chi connectivity index (χ2n) is 9.43. The van der Waals surface area contributed by atoms with Crippen molar-refractivity contribution in [1.82, 2.24) is 9.78 Å². The maximum atomic E-state index is 12.6. The van der Waals surface area contributed by atoms with E-state index < -0.39 is 30.5 Å². The van der Waals surface area contributed by atoms with Gasteiger partial charge in [0.15, 0.2) is 0 Å². The molecule has 2 heterocycles. The summed E-state index contributed by atoms with van der Waals surface area (Å²) in [6.07, 6.45) is 0.604. The molecule has 0 radical (unpaired) electrons. The number of anilines is 1. The van der Waals surface area contributed by atoms with Crippen molar-refractivity contribution in [3.05, 3.63) is 65.3 Å². The summed E-state index contributed by atoms with van der Waals surface area (Å²) in [5, 5.41) is 7.67. The third kappa shape index (κ3) is 4.71. The van der Waals surface area contributed by atoms with Gasteiger partial charge in [-0.05, 0) is 51.7 Å². The van der Waals surface area contributed by atoms with E-state index in [2.05, 4.69) is 10.4 Å². The minimum absolute atomic E-state index is 0.405. The largest absolute Gasteiger partial charge is 0.494 e. The van der Waals surface area contributed by atoms with Gasteiger partial charge in [0.1, 0.15) is 11.9 Å². The summed E-state index contributed by atoms with van der Waals surface area (Å²) in [5.41, 5.74) is 2.51. The van der Waals surface area contributed by atoms with Gasteiger partial charge in [-0.1, -0.05) is 54.1 Å². The number of benzene rings is 2. The van der Waals surface area contributed by atoms with Crippen molar-refractivity contribution in [2.24, 2.45) is 7.05 Å². The molecule has 0 saturated carbocycles. The molecule has 34 heavy (non-hydrogen) atoms. The fourth-order valence-corrected chi connectivity index (χ4v) is 4.04. The molecule has 1 amide bonds. The molecule has 1 saturated heterocycles. The first-order valence-corrected chi connectivity index (χ1v) is 11.6. The van der Waals surface area contributed by atoms with Gasteiger partial charge in [0.05, 0.1) is 17.4 Å². The van der Waals surface area contributed by atoms with Gasteiger partial charge in [0, 0.05) is 23.2 Å². The van der Waals surface area contributed by atoms with E-state index in [-0.39, 0.29) is 0 Å². The van der Waals surface area contributed by atoms with E-state index >= 15 is 0 Å². The van der Waals surface area contributed by atoms with Crippen LogP contribution in [0.3, 0.4) is 0 Å². The van der Waals surface area contributed by atoms with Crippen molar-refractivity contribution in [2.75, 3.05) is 5.32 Å². The lowest BCUT2D eigenvalue weighted by molar-refractivity contribution is 0.00578. The molecule has 0 bridgehead atoms. The molecule has 1 aromatic heterocycles. The lowest BCUT2D eigenvalue weighted by Crippen LogP contribution is -2.41. The van der Waals surface area contributed by atoms with Crippen LogP contribution in [0, 0.1) is 0 Å². The third-order valence-electron chi connectivity index (χ3n) is 6.53. The highest BCUT2D eigenvalue weighted by Crippen LogP contribution is 2.37. The maximum Gasteiger partial charge on any atom is 0.494 e. The van der Waals surface area contributed by atoms with Crippen LogP contribution >= 0.6 is 11.6 Å². The normalized spacial score (nSPS) is 17.4. The molecule has 0 spiro atoms. The summed E-state index contributed by atoms with van der Waals surface area (Å²) in [6.45, 7) is 9.89. The molecule has 1 fully saturated rings. The highest BCUT2D eigenvalue weighted by molar-refractivity contribution is 6.62. The number of nitrogens with one attached hydrogen (secondary N) is 1. The highest BCUT2D eigenvalue weighted by Gasteiger charge is 2.51. The van der Waals surface area contributed by atoms with E-state index in [4.69, 9.17) is 25.6 Å². The predicted molar refractivity (Wildman–Crippen MR) is 134 cm³/mol. The summed E-state index contributed by atoms with van der Waals surface area (Å²) < 4.78 is 19.4. The quantitative estimate of drug-likeness (QED) is 0.497. The lowest BCUT2D eigenvalue weighted by Gasteiger charge is -2.32. The van der Waals surface area contributed by atoms with Gasteiger partial charge in [-0.2, -0.15) is 5.10 Å². The Balaban J connectivity index is 1.49. The number of hydrogen-bond donors (Lipinski definition) is 1. The molecule has 1 aliphatic heterocycles. The fraction of sp³-hybridized carbons (Fsp3) is 0.360. The molecule has 0 unspecified atom stereocenters. The van der Waals surface area contributed by atoms with Crippen LogP contribution in [0.4, 0.5) is 10.6 Å². The Hall–Kier alpha value is -2.81. The van der Waals surface area contributed by atoms with E-state index in [9.17, 15) is 4.79 Å². The molecule has 0 aliphatic carbocycles. The molecule has 7 nitrogen and oxygen atoms in total. The van der Waals surface area contributed by atoms with Crippen LogP contribution in [0.15, 0.2) is 54.7 Å². The zero-order chi connectivity index (χ0) is 24.7. The van der Waals surface area contributed by atoms with Gasteiger partial charge in [-0.3, -0.25) is 10.00 Å². The number of rotatable bonds is 5.